The van der Waals surface area contributed by atoms with Crippen LogP contribution in [0.5, 0.6) is 0 Å². The van der Waals surface area contributed by atoms with Gasteiger partial charge in [-0.15, -0.1) is 0 Å². The molecule has 0 saturated carbocycles. The summed E-state index contributed by atoms with van der Waals surface area (Å²) >= 11 is 0.912. The van der Waals surface area contributed by atoms with Crippen LogP contribution >= 0.6 is 18.9 Å². The quantitative estimate of drug-likeness (QED) is 0.107. The Balaban J connectivity index is 1.11. The number of fused-ring (bicyclic) bond motifs is 5. The second-order valence-electron chi connectivity index (χ2n) is 15.7. The van der Waals surface area contributed by atoms with Crippen molar-refractivity contribution in [1.29, 1.82) is 0 Å². The van der Waals surface area contributed by atoms with Crippen LogP contribution in [0.3, 0.4) is 0 Å². The summed E-state index contributed by atoms with van der Waals surface area (Å²) in [5, 5.41) is 2.17. The lowest BCUT2D eigenvalue weighted by molar-refractivity contribution is -0.123. The molecule has 2 heterocycles. The smallest absolute Gasteiger partial charge is 0.293 e. The van der Waals surface area contributed by atoms with Gasteiger partial charge in [-0.2, -0.15) is 0 Å². The second kappa shape index (κ2) is 14.6. The van der Waals surface area contributed by atoms with Gasteiger partial charge in [0.15, 0.2) is 0 Å². The first-order valence-electron chi connectivity index (χ1n) is 19.5. The van der Waals surface area contributed by atoms with Crippen molar-refractivity contribution in [1.82, 2.24) is 9.47 Å². The molecule has 6 aromatic rings. The number of aromatic nitrogens is 1. The Morgan fingerprint density at radius 2 is 1.32 bits per heavy atom. The first kappa shape index (κ1) is 38.6. The number of nitrogens with zero attached hydrogens (tertiary/aromatic N) is 2. The van der Waals surface area contributed by atoms with E-state index >= 15 is 4.57 Å². The highest BCUT2D eigenvalue weighted by molar-refractivity contribution is 8.18. The Morgan fingerprint density at radius 1 is 0.737 bits per heavy atom. The van der Waals surface area contributed by atoms with Crippen LogP contribution < -0.4 is 5.30 Å². The average Bonchev–Trinajstić information content (AvgIpc) is 3.84. The molecular formula is C48H45N2O5PS. The fourth-order valence-corrected chi connectivity index (χ4v) is 12.6. The summed E-state index contributed by atoms with van der Waals surface area (Å²) in [5.74, 6) is -0.391. The van der Waals surface area contributed by atoms with E-state index in [1.165, 1.54) is 39.1 Å². The fraction of sp³-hybridized carbons (Fsp3) is 0.250. The van der Waals surface area contributed by atoms with E-state index in [1.54, 1.807) is 45.9 Å². The number of carbonyl (C=O) groups is 4. The first-order valence-corrected chi connectivity index (χ1v) is 22.0. The molecular weight excluding hydrogens is 748 g/mol. The third-order valence-electron chi connectivity index (χ3n) is 11.6. The molecule has 1 saturated heterocycles. The number of amides is 2. The number of thioether (sulfide) groups is 1. The van der Waals surface area contributed by atoms with E-state index in [1.807, 2.05) is 44.2 Å². The molecule has 0 unspecified atom stereocenters. The van der Waals surface area contributed by atoms with Crippen molar-refractivity contribution in [3.8, 4) is 0 Å². The van der Waals surface area contributed by atoms with Crippen molar-refractivity contribution in [3.63, 3.8) is 0 Å². The minimum absolute atomic E-state index is 0.0179. The van der Waals surface area contributed by atoms with E-state index < -0.39 is 24.1 Å². The fourth-order valence-electron chi connectivity index (χ4n) is 9.19. The van der Waals surface area contributed by atoms with Gasteiger partial charge in [-0.3, -0.25) is 24.1 Å². The molecule has 1 aromatic heterocycles. The maximum atomic E-state index is 15.4. The van der Waals surface area contributed by atoms with Gasteiger partial charge in [0.25, 0.3) is 11.1 Å². The van der Waals surface area contributed by atoms with Crippen LogP contribution in [0.1, 0.15) is 89.7 Å². The predicted molar refractivity (Wildman–Crippen MR) is 232 cm³/mol. The van der Waals surface area contributed by atoms with Gasteiger partial charge >= 0.3 is 0 Å². The maximum Gasteiger partial charge on any atom is 0.293 e. The maximum absolute atomic E-state index is 15.4. The van der Waals surface area contributed by atoms with Gasteiger partial charge in [0.2, 0.25) is 18.2 Å². The van der Waals surface area contributed by atoms with Crippen molar-refractivity contribution in [2.45, 2.75) is 80.8 Å². The zero-order chi connectivity index (χ0) is 40.5. The zero-order valence-electron chi connectivity index (χ0n) is 33.4. The molecule has 5 aromatic carbocycles. The highest BCUT2D eigenvalue weighted by atomic mass is 32.2. The third-order valence-corrected chi connectivity index (χ3v) is 15.1. The molecule has 2 aliphatic rings. The van der Waals surface area contributed by atoms with Crippen molar-refractivity contribution in [3.05, 3.63) is 151 Å². The molecule has 0 radical (unpaired) electrons. The minimum atomic E-state index is -4.44. The molecule has 7 nitrogen and oxygen atoms in total. The number of hydrogen-bond acceptors (Lipinski definition) is 6. The SMILES string of the molecule is CCn1c2ccc(/C=C3/SC(=O)N(Cc4ccc(P(=O)(C(=O)c5c(C)cc(C)cc5C)C(=O)c5c(C)cc(C)cc5C)cc4)C3=O)cc2c2c3c(ccc21)CCC3. The molecule has 2 amide bonds. The van der Waals surface area contributed by atoms with Crippen molar-refractivity contribution in [2.75, 3.05) is 0 Å². The van der Waals surface area contributed by atoms with E-state index in [0.29, 0.717) is 32.7 Å². The monoisotopic (exact) mass is 792 g/mol. The molecule has 288 valence electrons. The van der Waals surface area contributed by atoms with Crippen LogP contribution in [-0.2, 0) is 35.3 Å². The molecule has 1 aliphatic heterocycles. The normalized spacial score (nSPS) is 15.1. The molecule has 0 atom stereocenters. The van der Waals surface area contributed by atoms with Gasteiger partial charge in [-0.1, -0.05) is 71.8 Å². The molecule has 57 heavy (non-hydrogen) atoms. The van der Waals surface area contributed by atoms with E-state index in [9.17, 15) is 19.2 Å². The van der Waals surface area contributed by atoms with Gasteiger partial charge in [0.1, 0.15) is 0 Å². The summed E-state index contributed by atoms with van der Waals surface area (Å²) in [7, 11) is -4.44. The highest BCUT2D eigenvalue weighted by Crippen LogP contribution is 2.53. The standard InChI is InChI=1S/C48H45N2O5PS/c1-8-49-39-18-14-34(24-38(39)44-37-11-9-10-35(37)15-19-40(44)49)25-41-45(51)50(48(54)57-41)26-33-12-16-36(17-13-33)56(55,46(52)42-29(4)20-27(2)21-30(42)5)47(53)43-31(6)22-28(3)23-32(43)7/h12-25H,8-11,26H2,1-7H3/b41-25+. The van der Waals surface area contributed by atoms with Gasteiger partial charge in [-0.25, -0.2) is 0 Å². The van der Waals surface area contributed by atoms with Gasteiger partial charge in [0.05, 0.1) is 11.4 Å². The summed E-state index contributed by atoms with van der Waals surface area (Å²) in [6, 6.07) is 24.5. The largest absolute Gasteiger partial charge is 0.341 e. The van der Waals surface area contributed by atoms with E-state index in [-0.39, 0.29) is 28.2 Å². The highest BCUT2D eigenvalue weighted by Gasteiger charge is 2.45. The predicted octanol–water partition coefficient (Wildman–Crippen LogP) is 11.1. The second-order valence-corrected chi connectivity index (χ2v) is 19.2. The first-order chi connectivity index (χ1) is 27.2. The lowest BCUT2D eigenvalue weighted by Gasteiger charge is -2.22. The summed E-state index contributed by atoms with van der Waals surface area (Å²) in [4.78, 5) is 57.8. The minimum Gasteiger partial charge on any atom is -0.341 e. The molecule has 0 N–H and O–H groups in total. The Kier molecular flexibility index (Phi) is 9.86. The Bertz CT molecular complexity index is 2710. The molecule has 1 aliphatic carbocycles. The van der Waals surface area contributed by atoms with Crippen molar-refractivity contribution in [2.24, 2.45) is 0 Å². The topological polar surface area (TPSA) is 93.5 Å². The van der Waals surface area contributed by atoms with Gasteiger partial charge in [0, 0.05) is 44.8 Å². The molecule has 8 rings (SSSR count). The summed E-state index contributed by atoms with van der Waals surface area (Å²) in [6.45, 7) is 14.0. The van der Waals surface area contributed by atoms with Crippen LogP contribution in [0.25, 0.3) is 27.9 Å². The van der Waals surface area contributed by atoms with Crippen LogP contribution in [0.4, 0.5) is 4.79 Å². The summed E-state index contributed by atoms with van der Waals surface area (Å²) < 4.78 is 17.7. The van der Waals surface area contributed by atoms with Crippen molar-refractivity contribution < 1.29 is 23.7 Å². The number of hydrogen-bond donors (Lipinski definition) is 0. The van der Waals surface area contributed by atoms with Crippen LogP contribution in [-0.4, -0.2) is 31.7 Å². The van der Waals surface area contributed by atoms with Crippen LogP contribution in [0, 0.1) is 41.5 Å². The van der Waals surface area contributed by atoms with Crippen molar-refractivity contribution >= 4 is 74.3 Å². The third kappa shape index (κ3) is 6.43. The van der Waals surface area contributed by atoms with E-state index in [0.717, 1.165) is 65.2 Å². The number of aryl methyl sites for hydroxylation is 9. The lowest BCUT2D eigenvalue weighted by Crippen LogP contribution is -2.28. The summed E-state index contributed by atoms with van der Waals surface area (Å²) in [6.07, 6.45) is 5.10. The number of rotatable bonds is 9. The van der Waals surface area contributed by atoms with Crippen LogP contribution in [0.15, 0.2) is 83.8 Å². The Labute approximate surface area is 337 Å². The molecule has 0 bridgehead atoms. The molecule has 1 fully saturated rings. The Hall–Kier alpha value is -5.30. The molecule has 0 spiro atoms. The van der Waals surface area contributed by atoms with E-state index in [2.05, 4.69) is 35.8 Å². The molecule has 9 heteroatoms. The van der Waals surface area contributed by atoms with Gasteiger partial charge < -0.3 is 9.13 Å². The summed E-state index contributed by atoms with van der Waals surface area (Å²) in [5.41, 5.74) is 10.4. The van der Waals surface area contributed by atoms with Crippen LogP contribution in [0.2, 0.25) is 0 Å². The number of carbonyl (C=O) groups excluding carboxylic acids is 4. The lowest BCUT2D eigenvalue weighted by atomic mass is 10.0. The van der Waals surface area contributed by atoms with Gasteiger partial charge in [-0.05, 0) is 148 Å². The Morgan fingerprint density at radius 3 is 1.89 bits per heavy atom. The average molecular weight is 793 g/mol. The number of benzene rings is 5. The number of imide groups is 1. The zero-order valence-corrected chi connectivity index (χ0v) is 35.1. The van der Waals surface area contributed by atoms with E-state index in [4.69, 9.17) is 0 Å².